The third-order valence-electron chi connectivity index (χ3n) is 3.37. The molecule has 0 unspecified atom stereocenters. The highest BCUT2D eigenvalue weighted by Gasteiger charge is 2.05. The van der Waals surface area contributed by atoms with Crippen LogP contribution in [-0.4, -0.2) is 20.7 Å². The molecule has 23 heavy (non-hydrogen) atoms. The second-order valence-electron chi connectivity index (χ2n) is 5.10. The van der Waals surface area contributed by atoms with Crippen molar-refractivity contribution < 1.29 is 4.79 Å². The maximum absolute atomic E-state index is 12.1. The summed E-state index contributed by atoms with van der Waals surface area (Å²) in [5.74, 6) is -0.140. The Balaban J connectivity index is 1.57. The first-order chi connectivity index (χ1) is 11.2. The Kier molecular flexibility index (Phi) is 4.68. The molecule has 6 heteroatoms. The van der Waals surface area contributed by atoms with E-state index in [0.717, 1.165) is 11.1 Å². The first-order valence-corrected chi connectivity index (χ1v) is 7.52. The van der Waals surface area contributed by atoms with E-state index in [9.17, 15) is 4.79 Å². The molecule has 1 aromatic heterocycles. The zero-order chi connectivity index (χ0) is 16.1. The lowest BCUT2D eigenvalue weighted by Crippen LogP contribution is -2.22. The van der Waals surface area contributed by atoms with Gasteiger partial charge in [-0.1, -0.05) is 41.9 Å². The SMILES string of the molecule is O=C(NCc1ccc(Cn2cncn2)cc1)c1cccc(Cl)c1. The molecule has 0 radical (unpaired) electrons. The average molecular weight is 327 g/mol. The van der Waals surface area contributed by atoms with E-state index < -0.39 is 0 Å². The standard InChI is InChI=1S/C17H15ClN4O/c18-16-3-1-2-15(8-16)17(23)20-9-13-4-6-14(7-5-13)10-22-12-19-11-21-22/h1-8,11-12H,9-10H2,(H,20,23). The molecule has 0 bridgehead atoms. The molecule has 0 aliphatic heterocycles. The fraction of sp³-hybridized carbons (Fsp3) is 0.118. The number of amides is 1. The van der Waals surface area contributed by atoms with Gasteiger partial charge < -0.3 is 5.32 Å². The fourth-order valence-electron chi connectivity index (χ4n) is 2.18. The second kappa shape index (κ2) is 7.07. The van der Waals surface area contributed by atoms with Gasteiger partial charge in [0.25, 0.3) is 5.91 Å². The lowest BCUT2D eigenvalue weighted by molar-refractivity contribution is 0.0951. The number of carbonyl (C=O) groups is 1. The number of hydrogen-bond acceptors (Lipinski definition) is 3. The van der Waals surface area contributed by atoms with E-state index in [4.69, 9.17) is 11.6 Å². The monoisotopic (exact) mass is 326 g/mol. The number of nitrogens with one attached hydrogen (secondary N) is 1. The van der Waals surface area contributed by atoms with Crippen molar-refractivity contribution in [2.24, 2.45) is 0 Å². The van der Waals surface area contributed by atoms with Gasteiger partial charge in [0, 0.05) is 17.1 Å². The van der Waals surface area contributed by atoms with E-state index in [1.807, 2.05) is 24.3 Å². The number of rotatable bonds is 5. The fourth-order valence-corrected chi connectivity index (χ4v) is 2.37. The molecule has 1 amide bonds. The third-order valence-corrected chi connectivity index (χ3v) is 3.61. The van der Waals surface area contributed by atoms with Crippen LogP contribution in [0.4, 0.5) is 0 Å². The van der Waals surface area contributed by atoms with Crippen LogP contribution in [0.5, 0.6) is 0 Å². The van der Waals surface area contributed by atoms with Crippen molar-refractivity contribution >= 4 is 17.5 Å². The van der Waals surface area contributed by atoms with Gasteiger partial charge in [-0.15, -0.1) is 0 Å². The Bertz CT molecular complexity index is 785. The van der Waals surface area contributed by atoms with Crippen LogP contribution in [0.25, 0.3) is 0 Å². The average Bonchev–Trinajstić information content (AvgIpc) is 3.07. The number of halogens is 1. The predicted molar refractivity (Wildman–Crippen MR) is 88.2 cm³/mol. The van der Waals surface area contributed by atoms with Crippen LogP contribution in [0, 0.1) is 0 Å². The van der Waals surface area contributed by atoms with Crippen molar-refractivity contribution in [3.8, 4) is 0 Å². The van der Waals surface area contributed by atoms with E-state index >= 15 is 0 Å². The molecule has 0 spiro atoms. The first-order valence-electron chi connectivity index (χ1n) is 7.15. The zero-order valence-corrected chi connectivity index (χ0v) is 13.1. The van der Waals surface area contributed by atoms with E-state index in [-0.39, 0.29) is 5.91 Å². The highest BCUT2D eigenvalue weighted by Crippen LogP contribution is 2.11. The first kappa shape index (κ1) is 15.2. The summed E-state index contributed by atoms with van der Waals surface area (Å²) in [5, 5.41) is 7.51. The minimum atomic E-state index is -0.140. The van der Waals surface area contributed by atoms with Gasteiger partial charge >= 0.3 is 0 Å². The molecule has 2 aromatic carbocycles. The molecular formula is C17H15ClN4O. The summed E-state index contributed by atoms with van der Waals surface area (Å²) in [6, 6.07) is 14.9. The molecule has 0 atom stereocenters. The molecule has 0 saturated carbocycles. The van der Waals surface area contributed by atoms with Crippen molar-refractivity contribution in [1.82, 2.24) is 20.1 Å². The van der Waals surface area contributed by atoms with Crippen LogP contribution < -0.4 is 5.32 Å². The summed E-state index contributed by atoms with van der Waals surface area (Å²) < 4.78 is 1.76. The zero-order valence-electron chi connectivity index (χ0n) is 12.3. The summed E-state index contributed by atoms with van der Waals surface area (Å²) in [7, 11) is 0. The highest BCUT2D eigenvalue weighted by molar-refractivity contribution is 6.30. The molecule has 0 aliphatic carbocycles. The van der Waals surface area contributed by atoms with Crippen molar-refractivity contribution in [3.63, 3.8) is 0 Å². The number of nitrogens with zero attached hydrogens (tertiary/aromatic N) is 3. The molecule has 3 rings (SSSR count). The van der Waals surface area contributed by atoms with Crippen LogP contribution in [0.2, 0.25) is 5.02 Å². The van der Waals surface area contributed by atoms with Crippen molar-refractivity contribution in [1.29, 1.82) is 0 Å². The van der Waals surface area contributed by atoms with Gasteiger partial charge in [-0.2, -0.15) is 5.10 Å². The number of benzene rings is 2. The van der Waals surface area contributed by atoms with Crippen LogP contribution in [0.3, 0.4) is 0 Å². The van der Waals surface area contributed by atoms with Gasteiger partial charge in [-0.25, -0.2) is 9.67 Å². The maximum atomic E-state index is 12.1. The minimum absolute atomic E-state index is 0.140. The van der Waals surface area contributed by atoms with Crippen molar-refractivity contribution in [2.75, 3.05) is 0 Å². The Labute approximate surface area is 138 Å². The molecule has 1 N–H and O–H groups in total. The van der Waals surface area contributed by atoms with Crippen molar-refractivity contribution in [3.05, 3.63) is 82.9 Å². The highest BCUT2D eigenvalue weighted by atomic mass is 35.5. The normalized spacial score (nSPS) is 10.5. The third kappa shape index (κ3) is 4.17. The summed E-state index contributed by atoms with van der Waals surface area (Å²) in [6.07, 6.45) is 3.19. The van der Waals surface area contributed by atoms with Gasteiger partial charge in [-0.05, 0) is 29.3 Å². The smallest absolute Gasteiger partial charge is 0.251 e. The van der Waals surface area contributed by atoms with Gasteiger partial charge in [0.1, 0.15) is 12.7 Å². The van der Waals surface area contributed by atoms with Crippen LogP contribution in [0.1, 0.15) is 21.5 Å². The van der Waals surface area contributed by atoms with E-state index in [0.29, 0.717) is 23.7 Å². The Morgan fingerprint density at radius 3 is 2.61 bits per heavy atom. The quantitative estimate of drug-likeness (QED) is 0.784. The molecule has 1 heterocycles. The lowest BCUT2D eigenvalue weighted by Gasteiger charge is -2.07. The molecule has 3 aromatic rings. The van der Waals surface area contributed by atoms with Gasteiger partial charge in [0.15, 0.2) is 0 Å². The number of aromatic nitrogens is 3. The Hall–Kier alpha value is -2.66. The van der Waals surface area contributed by atoms with E-state index in [2.05, 4.69) is 15.4 Å². The molecule has 0 fully saturated rings. The lowest BCUT2D eigenvalue weighted by atomic mass is 10.1. The molecule has 0 saturated heterocycles. The van der Waals surface area contributed by atoms with Crippen LogP contribution >= 0.6 is 11.6 Å². The van der Waals surface area contributed by atoms with Crippen LogP contribution in [0.15, 0.2) is 61.2 Å². The predicted octanol–water partition coefficient (Wildman–Crippen LogP) is 2.91. The molecule has 5 nitrogen and oxygen atoms in total. The number of hydrogen-bond donors (Lipinski definition) is 1. The molecule has 116 valence electrons. The van der Waals surface area contributed by atoms with E-state index in [1.165, 1.54) is 6.33 Å². The van der Waals surface area contributed by atoms with Crippen molar-refractivity contribution in [2.45, 2.75) is 13.1 Å². The summed E-state index contributed by atoms with van der Waals surface area (Å²) >= 11 is 5.89. The number of carbonyl (C=O) groups excluding carboxylic acids is 1. The van der Waals surface area contributed by atoms with Gasteiger partial charge in [0.05, 0.1) is 6.54 Å². The van der Waals surface area contributed by atoms with Gasteiger partial charge in [-0.3, -0.25) is 4.79 Å². The molecular weight excluding hydrogens is 312 g/mol. The Morgan fingerprint density at radius 2 is 1.91 bits per heavy atom. The summed E-state index contributed by atoms with van der Waals surface area (Å²) in [4.78, 5) is 16.0. The molecule has 0 aliphatic rings. The summed E-state index contributed by atoms with van der Waals surface area (Å²) in [5.41, 5.74) is 2.71. The maximum Gasteiger partial charge on any atom is 0.251 e. The topological polar surface area (TPSA) is 59.8 Å². The van der Waals surface area contributed by atoms with Gasteiger partial charge in [0.2, 0.25) is 0 Å². The van der Waals surface area contributed by atoms with E-state index in [1.54, 1.807) is 35.3 Å². The summed E-state index contributed by atoms with van der Waals surface area (Å²) in [6.45, 7) is 1.14. The second-order valence-corrected chi connectivity index (χ2v) is 5.54. The van der Waals surface area contributed by atoms with Crippen LogP contribution in [-0.2, 0) is 13.1 Å². The minimum Gasteiger partial charge on any atom is -0.348 e. The Morgan fingerprint density at radius 1 is 1.13 bits per heavy atom. The largest absolute Gasteiger partial charge is 0.348 e.